The first-order chi connectivity index (χ1) is 9.36. The number of carbonyl (C=O) groups is 2. The van der Waals surface area contributed by atoms with Gasteiger partial charge in [-0.15, -0.1) is 0 Å². The van der Waals surface area contributed by atoms with Crippen molar-refractivity contribution in [1.82, 2.24) is 5.32 Å². The normalized spacial score (nSPS) is 26.3. The van der Waals surface area contributed by atoms with Crippen LogP contribution in [0.5, 0.6) is 0 Å². The molecule has 0 aliphatic carbocycles. The maximum atomic E-state index is 12.5. The van der Waals surface area contributed by atoms with E-state index >= 15 is 0 Å². The van der Waals surface area contributed by atoms with Gasteiger partial charge < -0.3 is 19.5 Å². The van der Waals surface area contributed by atoms with Crippen molar-refractivity contribution < 1.29 is 23.8 Å². The molecule has 1 fully saturated rings. The molecule has 6 nitrogen and oxygen atoms in total. The van der Waals surface area contributed by atoms with Crippen LogP contribution < -0.4 is 5.32 Å². The van der Waals surface area contributed by atoms with E-state index in [-0.39, 0.29) is 0 Å². The van der Waals surface area contributed by atoms with Crippen molar-refractivity contribution in [2.45, 2.75) is 77.7 Å². The largest absolute Gasteiger partial charge is 0.458 e. The third kappa shape index (κ3) is 4.88. The van der Waals surface area contributed by atoms with Gasteiger partial charge in [0.25, 0.3) is 0 Å². The minimum absolute atomic E-state index is 0.363. The van der Waals surface area contributed by atoms with Crippen LogP contribution >= 0.6 is 0 Å². The van der Waals surface area contributed by atoms with Crippen LogP contribution in [0.15, 0.2) is 0 Å². The number of hydrogen-bond donors (Lipinski definition) is 1. The lowest BCUT2D eigenvalue weighted by Crippen LogP contribution is -2.61. The summed E-state index contributed by atoms with van der Waals surface area (Å²) in [6.45, 7) is 12.8. The van der Waals surface area contributed by atoms with Gasteiger partial charge in [0, 0.05) is 13.0 Å². The summed E-state index contributed by atoms with van der Waals surface area (Å²) >= 11 is 0. The molecule has 1 aliphatic rings. The molecule has 2 atom stereocenters. The average Bonchev–Trinajstić information content (AvgIpc) is 2.55. The molecule has 0 radical (unpaired) electrons. The zero-order valence-corrected chi connectivity index (χ0v) is 14.0. The van der Waals surface area contributed by atoms with Crippen LogP contribution in [0.2, 0.25) is 0 Å². The Morgan fingerprint density at radius 1 is 1.10 bits per heavy atom. The Morgan fingerprint density at radius 3 is 2.00 bits per heavy atom. The summed E-state index contributed by atoms with van der Waals surface area (Å²) in [6.07, 6.45) is -0.756. The smallest absolute Gasteiger partial charge is 0.408 e. The van der Waals surface area contributed by atoms with E-state index in [2.05, 4.69) is 5.32 Å². The highest BCUT2D eigenvalue weighted by Gasteiger charge is 2.52. The van der Waals surface area contributed by atoms with Crippen LogP contribution in [-0.4, -0.2) is 41.5 Å². The zero-order chi connectivity index (χ0) is 16.5. The van der Waals surface area contributed by atoms with Gasteiger partial charge in [0.05, 0.1) is 6.10 Å². The molecule has 1 saturated heterocycles. The molecule has 1 N–H and O–H groups in total. The molecule has 6 heteroatoms. The highest BCUT2D eigenvalue weighted by Crippen LogP contribution is 2.29. The lowest BCUT2D eigenvalue weighted by atomic mass is 9.92. The van der Waals surface area contributed by atoms with Gasteiger partial charge in [-0.25, -0.2) is 9.59 Å². The first-order valence-electron chi connectivity index (χ1n) is 7.22. The maximum Gasteiger partial charge on any atom is 0.408 e. The minimum atomic E-state index is -1.20. The van der Waals surface area contributed by atoms with Gasteiger partial charge in [0.15, 0.2) is 5.54 Å². The molecule has 0 aromatic carbocycles. The summed E-state index contributed by atoms with van der Waals surface area (Å²) in [5.41, 5.74) is -2.47. The molecule has 0 saturated carbocycles. The summed E-state index contributed by atoms with van der Waals surface area (Å²) in [4.78, 5) is 24.6. The number of nitrogens with one attached hydrogen (secondary N) is 1. The van der Waals surface area contributed by atoms with Crippen LogP contribution in [-0.2, 0) is 19.0 Å². The first kappa shape index (κ1) is 17.8. The fraction of sp³-hybridized carbons (Fsp3) is 0.867. The van der Waals surface area contributed by atoms with Crippen molar-refractivity contribution in [3.63, 3.8) is 0 Å². The van der Waals surface area contributed by atoms with Crippen molar-refractivity contribution in [3.8, 4) is 0 Å². The number of rotatable bonds is 2. The fourth-order valence-electron chi connectivity index (χ4n) is 2.08. The first-order valence-corrected chi connectivity index (χ1v) is 7.22. The van der Waals surface area contributed by atoms with Crippen LogP contribution in [0.4, 0.5) is 4.79 Å². The predicted octanol–water partition coefficient (Wildman–Crippen LogP) is 2.40. The Hall–Kier alpha value is -1.30. The number of ether oxygens (including phenoxy) is 3. The Labute approximate surface area is 126 Å². The van der Waals surface area contributed by atoms with Gasteiger partial charge in [0.2, 0.25) is 0 Å². The second-order valence-corrected chi connectivity index (χ2v) is 7.36. The van der Waals surface area contributed by atoms with E-state index < -0.39 is 34.9 Å². The summed E-state index contributed by atoms with van der Waals surface area (Å²) in [5.74, 6) is -0.495. The third-order valence-corrected chi connectivity index (χ3v) is 3.05. The number of alkyl carbamates (subject to hydrolysis) is 1. The second kappa shape index (κ2) is 5.83. The Kier molecular flexibility index (Phi) is 4.93. The Morgan fingerprint density at radius 2 is 1.62 bits per heavy atom. The maximum absolute atomic E-state index is 12.5. The summed E-state index contributed by atoms with van der Waals surface area (Å²) in [6, 6.07) is 0. The number of amides is 1. The highest BCUT2D eigenvalue weighted by molar-refractivity contribution is 5.87. The van der Waals surface area contributed by atoms with E-state index in [1.807, 2.05) is 0 Å². The third-order valence-electron chi connectivity index (χ3n) is 3.05. The molecule has 0 spiro atoms. The zero-order valence-electron chi connectivity index (χ0n) is 14.0. The van der Waals surface area contributed by atoms with Crippen LogP contribution in [0.25, 0.3) is 0 Å². The SMILES string of the molecule is C[C@H]1OCC[C@@]1(NC(=O)OC(C)(C)C)C(=O)OC(C)(C)C. The van der Waals surface area contributed by atoms with Gasteiger partial charge in [-0.2, -0.15) is 0 Å². The minimum Gasteiger partial charge on any atom is -0.458 e. The Bertz CT molecular complexity index is 407. The highest BCUT2D eigenvalue weighted by atomic mass is 16.6. The summed E-state index contributed by atoms with van der Waals surface area (Å²) in [5, 5.41) is 2.66. The number of carbonyl (C=O) groups excluding carboxylic acids is 2. The van der Waals surface area contributed by atoms with Crippen LogP contribution in [0.1, 0.15) is 54.9 Å². The van der Waals surface area contributed by atoms with Crippen molar-refractivity contribution in [1.29, 1.82) is 0 Å². The van der Waals surface area contributed by atoms with E-state index in [1.165, 1.54) is 0 Å². The van der Waals surface area contributed by atoms with E-state index in [9.17, 15) is 9.59 Å². The van der Waals surface area contributed by atoms with Crippen LogP contribution in [0.3, 0.4) is 0 Å². The molecule has 1 rings (SSSR count). The topological polar surface area (TPSA) is 73.9 Å². The van der Waals surface area contributed by atoms with E-state index in [0.717, 1.165) is 0 Å². The van der Waals surface area contributed by atoms with Gasteiger partial charge >= 0.3 is 12.1 Å². The average molecular weight is 301 g/mol. The van der Waals surface area contributed by atoms with Crippen molar-refractivity contribution in [2.24, 2.45) is 0 Å². The Balaban J connectivity index is 2.90. The molecule has 1 amide bonds. The molecule has 0 aromatic heterocycles. The quantitative estimate of drug-likeness (QED) is 0.793. The molecule has 21 heavy (non-hydrogen) atoms. The second-order valence-electron chi connectivity index (χ2n) is 7.36. The molecular formula is C15H27NO5. The van der Waals surface area contributed by atoms with Crippen LogP contribution in [0, 0.1) is 0 Å². The number of esters is 1. The number of hydrogen-bond acceptors (Lipinski definition) is 5. The van der Waals surface area contributed by atoms with Crippen molar-refractivity contribution in [3.05, 3.63) is 0 Å². The predicted molar refractivity (Wildman–Crippen MR) is 78.0 cm³/mol. The lowest BCUT2D eigenvalue weighted by Gasteiger charge is -2.34. The molecule has 0 aromatic rings. The van der Waals surface area contributed by atoms with E-state index in [1.54, 1.807) is 48.5 Å². The van der Waals surface area contributed by atoms with Crippen molar-refractivity contribution in [2.75, 3.05) is 6.61 Å². The standard InChI is InChI=1S/C15H27NO5/c1-10-15(8-9-19-10,11(17)20-13(2,3)4)16-12(18)21-14(5,6)7/h10H,8-9H2,1-7H3,(H,16,18)/t10-,15+/m1/s1. The molecule has 0 bridgehead atoms. The molecule has 1 heterocycles. The molecule has 1 aliphatic heterocycles. The lowest BCUT2D eigenvalue weighted by molar-refractivity contribution is -0.165. The van der Waals surface area contributed by atoms with Gasteiger partial charge in [-0.3, -0.25) is 0 Å². The molecule has 0 unspecified atom stereocenters. The van der Waals surface area contributed by atoms with Gasteiger partial charge in [-0.05, 0) is 48.5 Å². The van der Waals surface area contributed by atoms with Crippen molar-refractivity contribution >= 4 is 12.1 Å². The van der Waals surface area contributed by atoms with Gasteiger partial charge in [0.1, 0.15) is 11.2 Å². The van der Waals surface area contributed by atoms with E-state index in [4.69, 9.17) is 14.2 Å². The van der Waals surface area contributed by atoms with E-state index in [0.29, 0.717) is 13.0 Å². The van der Waals surface area contributed by atoms with Gasteiger partial charge in [-0.1, -0.05) is 0 Å². The molecular weight excluding hydrogens is 274 g/mol. The molecule has 122 valence electrons. The summed E-state index contributed by atoms with van der Waals surface area (Å²) < 4.78 is 16.1. The monoisotopic (exact) mass is 301 g/mol. The summed E-state index contributed by atoms with van der Waals surface area (Å²) in [7, 11) is 0. The fourth-order valence-corrected chi connectivity index (χ4v) is 2.08.